The fourth-order valence-corrected chi connectivity index (χ4v) is 1.66. The topological polar surface area (TPSA) is 49.9 Å². The average Bonchev–Trinajstić information content (AvgIpc) is 2.26. The molecule has 0 unspecified atom stereocenters. The number of rotatable bonds is 6. The standard InChI is InChI=1S/C13H20N2/c1-2-3-4-5-6-11-7-8-13(15)12(9-11)10-14/h7-10,14H,2-6,15H2,1H3. The Labute approximate surface area is 92.0 Å². The summed E-state index contributed by atoms with van der Waals surface area (Å²) in [6.45, 7) is 2.22. The van der Waals surface area contributed by atoms with Crippen LogP contribution in [-0.4, -0.2) is 6.21 Å². The number of unbranched alkanes of at least 4 members (excludes halogenated alkanes) is 3. The third kappa shape index (κ3) is 3.74. The van der Waals surface area contributed by atoms with E-state index in [1.807, 2.05) is 12.1 Å². The number of aryl methyl sites for hydroxylation is 1. The van der Waals surface area contributed by atoms with Gasteiger partial charge in [0, 0.05) is 17.5 Å². The third-order valence-electron chi connectivity index (χ3n) is 2.63. The molecule has 0 radical (unpaired) electrons. The SMILES string of the molecule is CCCCCCc1ccc(N)c(C=N)c1. The average molecular weight is 204 g/mol. The van der Waals surface area contributed by atoms with Crippen molar-refractivity contribution in [3.63, 3.8) is 0 Å². The molecule has 0 fully saturated rings. The summed E-state index contributed by atoms with van der Waals surface area (Å²) in [5, 5.41) is 7.22. The van der Waals surface area contributed by atoms with Gasteiger partial charge in [-0.2, -0.15) is 0 Å². The highest BCUT2D eigenvalue weighted by molar-refractivity contribution is 5.85. The molecule has 1 rings (SSSR count). The summed E-state index contributed by atoms with van der Waals surface area (Å²) in [7, 11) is 0. The van der Waals surface area contributed by atoms with Crippen LogP contribution < -0.4 is 5.73 Å². The molecule has 3 N–H and O–H groups in total. The van der Waals surface area contributed by atoms with Crippen LogP contribution in [0.2, 0.25) is 0 Å². The molecule has 2 nitrogen and oxygen atoms in total. The largest absolute Gasteiger partial charge is 0.398 e. The van der Waals surface area contributed by atoms with E-state index in [1.165, 1.54) is 37.5 Å². The van der Waals surface area contributed by atoms with E-state index in [0.717, 1.165) is 12.0 Å². The third-order valence-corrected chi connectivity index (χ3v) is 2.63. The van der Waals surface area contributed by atoms with Crippen LogP contribution in [0.5, 0.6) is 0 Å². The maximum absolute atomic E-state index is 7.22. The number of benzene rings is 1. The molecular formula is C13H20N2. The fraction of sp³-hybridized carbons (Fsp3) is 0.462. The van der Waals surface area contributed by atoms with E-state index in [1.54, 1.807) is 0 Å². The van der Waals surface area contributed by atoms with Crippen LogP contribution in [0.4, 0.5) is 5.69 Å². The molecule has 0 aliphatic rings. The van der Waals surface area contributed by atoms with Gasteiger partial charge in [0.1, 0.15) is 0 Å². The zero-order chi connectivity index (χ0) is 11.1. The van der Waals surface area contributed by atoms with Gasteiger partial charge in [0.25, 0.3) is 0 Å². The van der Waals surface area contributed by atoms with E-state index >= 15 is 0 Å². The first kappa shape index (κ1) is 11.8. The van der Waals surface area contributed by atoms with E-state index in [9.17, 15) is 0 Å². The number of hydrogen-bond acceptors (Lipinski definition) is 2. The molecule has 0 aliphatic heterocycles. The minimum atomic E-state index is 0.697. The maximum atomic E-state index is 7.22. The van der Waals surface area contributed by atoms with Crippen LogP contribution in [0, 0.1) is 5.41 Å². The Kier molecular flexibility index (Phi) is 4.88. The van der Waals surface area contributed by atoms with Crippen molar-refractivity contribution in [2.75, 3.05) is 5.73 Å². The maximum Gasteiger partial charge on any atom is 0.0403 e. The summed E-state index contributed by atoms with van der Waals surface area (Å²) in [4.78, 5) is 0. The van der Waals surface area contributed by atoms with Crippen LogP contribution in [0.25, 0.3) is 0 Å². The summed E-state index contributed by atoms with van der Waals surface area (Å²) in [6.07, 6.45) is 7.53. The molecule has 2 heteroatoms. The minimum absolute atomic E-state index is 0.697. The Morgan fingerprint density at radius 3 is 2.73 bits per heavy atom. The fourth-order valence-electron chi connectivity index (χ4n) is 1.66. The molecule has 0 saturated carbocycles. The molecule has 1 aromatic rings. The minimum Gasteiger partial charge on any atom is -0.398 e. The first-order valence-electron chi connectivity index (χ1n) is 5.66. The Bertz CT molecular complexity index is 318. The summed E-state index contributed by atoms with van der Waals surface area (Å²) >= 11 is 0. The van der Waals surface area contributed by atoms with Gasteiger partial charge in [0.15, 0.2) is 0 Å². The van der Waals surface area contributed by atoms with Crippen LogP contribution >= 0.6 is 0 Å². The molecule has 0 heterocycles. The number of nitrogens with one attached hydrogen (secondary N) is 1. The van der Waals surface area contributed by atoms with Crippen molar-refractivity contribution in [3.05, 3.63) is 29.3 Å². The molecule has 82 valence electrons. The summed E-state index contributed by atoms with van der Waals surface area (Å²) in [5.41, 5.74) is 8.55. The van der Waals surface area contributed by atoms with Gasteiger partial charge in [0.05, 0.1) is 0 Å². The Balaban J connectivity index is 2.51. The molecule has 0 amide bonds. The Hall–Kier alpha value is -1.31. The van der Waals surface area contributed by atoms with E-state index in [0.29, 0.717) is 5.69 Å². The Morgan fingerprint density at radius 1 is 1.27 bits per heavy atom. The van der Waals surface area contributed by atoms with Gasteiger partial charge >= 0.3 is 0 Å². The molecule has 0 aromatic heterocycles. The second-order valence-corrected chi connectivity index (χ2v) is 3.92. The van der Waals surface area contributed by atoms with Gasteiger partial charge in [-0.05, 0) is 30.5 Å². The van der Waals surface area contributed by atoms with Gasteiger partial charge in [-0.3, -0.25) is 0 Å². The van der Waals surface area contributed by atoms with Crippen LogP contribution in [-0.2, 0) is 6.42 Å². The van der Waals surface area contributed by atoms with Crippen molar-refractivity contribution < 1.29 is 0 Å². The molecule has 0 saturated heterocycles. The molecule has 0 spiro atoms. The number of nitrogens with two attached hydrogens (primary N) is 1. The lowest BCUT2D eigenvalue weighted by atomic mass is 10.0. The zero-order valence-corrected chi connectivity index (χ0v) is 9.42. The monoisotopic (exact) mass is 204 g/mol. The predicted octanol–water partition coefficient (Wildman–Crippen LogP) is 3.39. The number of anilines is 1. The number of hydrogen-bond donors (Lipinski definition) is 2. The van der Waals surface area contributed by atoms with Crippen LogP contribution in [0.1, 0.15) is 43.7 Å². The van der Waals surface area contributed by atoms with Crippen LogP contribution in [0.3, 0.4) is 0 Å². The number of nitrogen functional groups attached to an aromatic ring is 1. The zero-order valence-electron chi connectivity index (χ0n) is 9.42. The van der Waals surface area contributed by atoms with Crippen molar-refractivity contribution in [2.24, 2.45) is 0 Å². The van der Waals surface area contributed by atoms with Gasteiger partial charge in [-0.15, -0.1) is 0 Å². The lowest BCUT2D eigenvalue weighted by Gasteiger charge is -2.04. The van der Waals surface area contributed by atoms with E-state index in [4.69, 9.17) is 11.1 Å². The van der Waals surface area contributed by atoms with Gasteiger partial charge in [0.2, 0.25) is 0 Å². The van der Waals surface area contributed by atoms with Crippen molar-refractivity contribution in [1.82, 2.24) is 0 Å². The predicted molar refractivity (Wildman–Crippen MR) is 66.6 cm³/mol. The quantitative estimate of drug-likeness (QED) is 0.416. The summed E-state index contributed by atoms with van der Waals surface area (Å²) < 4.78 is 0. The molecule has 0 atom stereocenters. The lowest BCUT2D eigenvalue weighted by molar-refractivity contribution is 0.667. The van der Waals surface area contributed by atoms with Crippen molar-refractivity contribution in [2.45, 2.75) is 39.0 Å². The molecule has 0 aliphatic carbocycles. The van der Waals surface area contributed by atoms with E-state index in [2.05, 4.69) is 13.0 Å². The highest BCUT2D eigenvalue weighted by atomic mass is 14.6. The van der Waals surface area contributed by atoms with Gasteiger partial charge in [-0.1, -0.05) is 32.3 Å². The van der Waals surface area contributed by atoms with E-state index in [-0.39, 0.29) is 0 Å². The molecule has 15 heavy (non-hydrogen) atoms. The van der Waals surface area contributed by atoms with Gasteiger partial charge < -0.3 is 11.1 Å². The highest BCUT2D eigenvalue weighted by Gasteiger charge is 1.98. The first-order chi connectivity index (χ1) is 7.27. The molecular weight excluding hydrogens is 184 g/mol. The summed E-state index contributed by atoms with van der Waals surface area (Å²) in [6, 6.07) is 5.98. The lowest BCUT2D eigenvalue weighted by Crippen LogP contribution is -1.95. The van der Waals surface area contributed by atoms with Crippen molar-refractivity contribution in [3.8, 4) is 0 Å². The second kappa shape index (κ2) is 6.23. The first-order valence-corrected chi connectivity index (χ1v) is 5.66. The van der Waals surface area contributed by atoms with E-state index < -0.39 is 0 Å². The van der Waals surface area contributed by atoms with Crippen molar-refractivity contribution >= 4 is 11.9 Å². The second-order valence-electron chi connectivity index (χ2n) is 3.92. The Morgan fingerprint density at radius 2 is 2.07 bits per heavy atom. The molecule has 0 bridgehead atoms. The summed E-state index contributed by atoms with van der Waals surface area (Å²) in [5.74, 6) is 0. The smallest absolute Gasteiger partial charge is 0.0403 e. The highest BCUT2D eigenvalue weighted by Crippen LogP contribution is 2.14. The van der Waals surface area contributed by atoms with Gasteiger partial charge in [-0.25, -0.2) is 0 Å². The molecule has 1 aromatic carbocycles. The van der Waals surface area contributed by atoms with Crippen LogP contribution in [0.15, 0.2) is 18.2 Å². The van der Waals surface area contributed by atoms with Crippen molar-refractivity contribution in [1.29, 1.82) is 5.41 Å². The normalized spacial score (nSPS) is 10.2.